The second kappa shape index (κ2) is 12.0. The molecule has 2 rings (SSSR count). The van der Waals surface area contributed by atoms with Gasteiger partial charge in [0.15, 0.2) is 12.2 Å². The highest BCUT2D eigenvalue weighted by atomic mass is 32.1. The van der Waals surface area contributed by atoms with Gasteiger partial charge in [0.25, 0.3) is 11.5 Å². The molecule has 1 aromatic carbocycles. The minimum absolute atomic E-state index is 0.201. The Morgan fingerprint density at radius 1 is 1.31 bits per heavy atom. The summed E-state index contributed by atoms with van der Waals surface area (Å²) < 4.78 is 11.9. The fourth-order valence-electron chi connectivity index (χ4n) is 2.43. The molecule has 9 nitrogen and oxygen atoms in total. The van der Waals surface area contributed by atoms with Crippen molar-refractivity contribution in [3.63, 3.8) is 0 Å². The lowest BCUT2D eigenvalue weighted by Gasteiger charge is -2.06. The summed E-state index contributed by atoms with van der Waals surface area (Å²) in [6.45, 7) is 4.04. The minimum atomic E-state index is -0.546. The summed E-state index contributed by atoms with van der Waals surface area (Å²) >= 11 is 1.07. The number of nitrogens with one attached hydrogen (secondary N) is 2. The summed E-state index contributed by atoms with van der Waals surface area (Å²) in [5, 5.41) is 14.8. The van der Waals surface area contributed by atoms with E-state index in [1.54, 1.807) is 38.1 Å². The van der Waals surface area contributed by atoms with E-state index in [0.717, 1.165) is 11.3 Å². The Kier molecular flexibility index (Phi) is 9.08. The molecule has 0 saturated carbocycles. The topological polar surface area (TPSA) is 122 Å². The molecule has 1 heterocycles. The van der Waals surface area contributed by atoms with E-state index in [1.807, 2.05) is 6.07 Å². The fourth-order valence-corrected chi connectivity index (χ4v) is 3.42. The molecular formula is C22H22N4O5S. The monoisotopic (exact) mass is 454 g/mol. The van der Waals surface area contributed by atoms with Gasteiger partial charge >= 0.3 is 5.97 Å². The number of nitrogens with zero attached hydrogens (tertiary/aromatic N) is 2. The molecule has 0 bridgehead atoms. The number of carbonyl (C=O) groups excluding carboxylic acids is 2. The first-order valence-corrected chi connectivity index (χ1v) is 10.4. The number of thiazole rings is 1. The summed E-state index contributed by atoms with van der Waals surface area (Å²) in [5.41, 5.74) is 5.77. The van der Waals surface area contributed by atoms with Gasteiger partial charge in [0.1, 0.15) is 21.0 Å². The van der Waals surface area contributed by atoms with E-state index in [2.05, 4.69) is 26.8 Å². The molecule has 0 atom stereocenters. The summed E-state index contributed by atoms with van der Waals surface area (Å²) in [7, 11) is 1.28. The van der Waals surface area contributed by atoms with Crippen molar-refractivity contribution in [2.75, 3.05) is 25.6 Å². The van der Waals surface area contributed by atoms with Crippen molar-refractivity contribution < 1.29 is 19.1 Å². The van der Waals surface area contributed by atoms with Gasteiger partial charge in [0, 0.05) is 31.0 Å². The van der Waals surface area contributed by atoms with E-state index >= 15 is 0 Å². The van der Waals surface area contributed by atoms with Crippen LogP contribution in [0.15, 0.2) is 40.8 Å². The zero-order valence-electron chi connectivity index (χ0n) is 17.9. The number of esters is 1. The summed E-state index contributed by atoms with van der Waals surface area (Å²) in [6, 6.07) is 8.68. The number of benzene rings is 1. The zero-order chi connectivity index (χ0) is 23.5. The van der Waals surface area contributed by atoms with Gasteiger partial charge < -0.3 is 20.1 Å². The quantitative estimate of drug-likeness (QED) is 0.337. The number of anilines is 1. The number of amides is 1. The van der Waals surface area contributed by atoms with Gasteiger partial charge in [-0.05, 0) is 26.0 Å². The fraction of sp³-hybridized carbons (Fsp3) is 0.273. The van der Waals surface area contributed by atoms with E-state index in [0.29, 0.717) is 29.2 Å². The Balaban J connectivity index is 2.39. The van der Waals surface area contributed by atoms with Gasteiger partial charge in [0.2, 0.25) is 0 Å². The smallest absolute Gasteiger partial charge is 0.343 e. The highest BCUT2D eigenvalue weighted by molar-refractivity contribution is 7.07. The highest BCUT2D eigenvalue weighted by Crippen LogP contribution is 2.17. The third-order valence-corrected chi connectivity index (χ3v) is 4.98. The van der Waals surface area contributed by atoms with Crippen LogP contribution in [0.3, 0.4) is 0 Å². The molecule has 0 aliphatic rings. The standard InChI is InChI=1S/C22H22N4O5S/c1-4-24-21(28)15(13-23)11-19-26(5-2)22(29)18(32-19)9-10-25-16-7-6-8-17(12-16)31-14-20(27)30-3/h6-8,10,12,25H,4-5,14H2,1-3H3,(H,24,28). The van der Waals surface area contributed by atoms with E-state index in [4.69, 9.17) is 4.74 Å². The maximum absolute atomic E-state index is 12.6. The van der Waals surface area contributed by atoms with Crippen LogP contribution in [0.5, 0.6) is 5.75 Å². The second-order valence-electron chi connectivity index (χ2n) is 6.08. The van der Waals surface area contributed by atoms with Crippen molar-refractivity contribution in [2.24, 2.45) is 0 Å². The Morgan fingerprint density at radius 3 is 2.75 bits per heavy atom. The number of nitriles is 1. The predicted molar refractivity (Wildman–Crippen MR) is 120 cm³/mol. The van der Waals surface area contributed by atoms with Crippen molar-refractivity contribution in [1.82, 2.24) is 9.88 Å². The number of carbonyl (C=O) groups is 2. The molecule has 0 saturated heterocycles. The molecule has 0 spiro atoms. The predicted octanol–water partition coefficient (Wildman–Crippen LogP) is 0.452. The number of rotatable bonds is 8. The van der Waals surface area contributed by atoms with Crippen LogP contribution in [-0.2, 0) is 20.9 Å². The lowest BCUT2D eigenvalue weighted by Crippen LogP contribution is -2.30. The normalized spacial score (nSPS) is 9.56. The van der Waals surface area contributed by atoms with E-state index in [9.17, 15) is 19.6 Å². The lowest BCUT2D eigenvalue weighted by molar-refractivity contribution is -0.142. The molecule has 10 heteroatoms. The SMILES string of the molecule is CCNC(=O)C(=C=c1sc(=C=CNc2cccc(OCC(=O)OC)c2)c(=O)n1CC)C#N. The Hall–Kier alpha value is -4.02. The first kappa shape index (κ1) is 24.3. The van der Waals surface area contributed by atoms with Gasteiger partial charge in [-0.2, -0.15) is 5.26 Å². The number of hydrogen-bond donors (Lipinski definition) is 2. The van der Waals surface area contributed by atoms with Gasteiger partial charge in [-0.3, -0.25) is 14.2 Å². The molecule has 0 fully saturated rings. The maximum Gasteiger partial charge on any atom is 0.343 e. The van der Waals surface area contributed by atoms with Crippen LogP contribution in [0.4, 0.5) is 5.69 Å². The van der Waals surface area contributed by atoms with Crippen LogP contribution in [0.1, 0.15) is 13.8 Å². The number of hydrogen-bond acceptors (Lipinski definition) is 8. The molecule has 32 heavy (non-hydrogen) atoms. The molecule has 1 amide bonds. The minimum Gasteiger partial charge on any atom is -0.482 e. The third kappa shape index (κ3) is 6.49. The maximum atomic E-state index is 12.6. The van der Waals surface area contributed by atoms with Crippen LogP contribution < -0.4 is 30.1 Å². The van der Waals surface area contributed by atoms with Crippen LogP contribution in [0.25, 0.3) is 11.5 Å². The second-order valence-corrected chi connectivity index (χ2v) is 7.08. The Labute approximate surface area is 188 Å². The third-order valence-electron chi connectivity index (χ3n) is 3.97. The zero-order valence-corrected chi connectivity index (χ0v) is 18.7. The average Bonchev–Trinajstić information content (AvgIpc) is 3.10. The summed E-state index contributed by atoms with van der Waals surface area (Å²) in [5.74, 6) is -0.569. The van der Waals surface area contributed by atoms with Crippen molar-refractivity contribution in [3.05, 3.63) is 55.6 Å². The average molecular weight is 455 g/mol. The number of ether oxygens (including phenoxy) is 2. The molecule has 1 aromatic heterocycles. The molecule has 166 valence electrons. The molecule has 2 N–H and O–H groups in total. The van der Waals surface area contributed by atoms with E-state index in [1.165, 1.54) is 17.9 Å². The van der Waals surface area contributed by atoms with Gasteiger partial charge in [0.05, 0.1) is 7.11 Å². The van der Waals surface area contributed by atoms with Crippen molar-refractivity contribution in [2.45, 2.75) is 20.4 Å². The Morgan fingerprint density at radius 2 is 2.09 bits per heavy atom. The molecule has 0 unspecified atom stereocenters. The highest BCUT2D eigenvalue weighted by Gasteiger charge is 2.08. The van der Waals surface area contributed by atoms with Crippen LogP contribution in [0.2, 0.25) is 0 Å². The van der Waals surface area contributed by atoms with Gasteiger partial charge in [-0.25, -0.2) is 4.79 Å². The van der Waals surface area contributed by atoms with Crippen LogP contribution in [-0.4, -0.2) is 36.7 Å². The van der Waals surface area contributed by atoms with Crippen molar-refractivity contribution in [1.29, 1.82) is 5.26 Å². The van der Waals surface area contributed by atoms with Crippen LogP contribution in [0, 0.1) is 11.3 Å². The molecular weight excluding hydrogens is 432 g/mol. The molecule has 0 aliphatic carbocycles. The Bertz CT molecular complexity index is 1290. The molecule has 0 aliphatic heterocycles. The lowest BCUT2D eigenvalue weighted by atomic mass is 10.3. The number of aromatic nitrogens is 1. The summed E-state index contributed by atoms with van der Waals surface area (Å²) in [6.07, 6.45) is 1.47. The summed E-state index contributed by atoms with van der Waals surface area (Å²) in [4.78, 5) is 35.8. The van der Waals surface area contributed by atoms with Gasteiger partial charge in [-0.1, -0.05) is 28.9 Å². The van der Waals surface area contributed by atoms with Gasteiger partial charge in [-0.15, -0.1) is 0 Å². The van der Waals surface area contributed by atoms with Crippen molar-refractivity contribution >= 4 is 40.4 Å². The molecule has 0 radical (unpaired) electrons. The first-order chi connectivity index (χ1) is 15.4. The molecule has 2 aromatic rings. The largest absolute Gasteiger partial charge is 0.482 e. The van der Waals surface area contributed by atoms with E-state index < -0.39 is 11.9 Å². The first-order valence-electron chi connectivity index (χ1n) is 9.63. The van der Waals surface area contributed by atoms with Crippen molar-refractivity contribution in [3.8, 4) is 11.8 Å². The number of likely N-dealkylation sites (N-methyl/N-ethyl adjacent to an activating group) is 1. The van der Waals surface area contributed by atoms with E-state index in [-0.39, 0.29) is 22.3 Å². The van der Waals surface area contributed by atoms with Crippen LogP contribution >= 0.6 is 11.3 Å². The number of methoxy groups -OCH3 is 1.